The van der Waals surface area contributed by atoms with Gasteiger partial charge in [-0.2, -0.15) is 4.31 Å². The van der Waals surface area contributed by atoms with Gasteiger partial charge in [0, 0.05) is 19.7 Å². The van der Waals surface area contributed by atoms with Crippen molar-refractivity contribution in [1.29, 1.82) is 0 Å². The second kappa shape index (κ2) is 8.04. The minimum atomic E-state index is -3.58. The van der Waals surface area contributed by atoms with Crippen LogP contribution in [0, 0.1) is 0 Å². The zero-order chi connectivity index (χ0) is 21.3. The molecule has 1 aliphatic heterocycles. The molecule has 0 spiro atoms. The smallest absolute Gasteiger partial charge is 0.238 e. The van der Waals surface area contributed by atoms with Gasteiger partial charge in [-0.15, -0.1) is 0 Å². The molecule has 1 amide bonds. The summed E-state index contributed by atoms with van der Waals surface area (Å²) in [5.74, 6) is 0.859. The highest BCUT2D eigenvalue weighted by Gasteiger charge is 2.42. The van der Waals surface area contributed by atoms with E-state index in [0.717, 1.165) is 17.3 Å². The molecule has 1 aliphatic rings. The van der Waals surface area contributed by atoms with Crippen LogP contribution < -0.4 is 10.1 Å². The maximum Gasteiger partial charge on any atom is 0.238 e. The molecule has 30 heavy (non-hydrogen) atoms. The number of hydrogen-bond donors (Lipinski definition) is 1. The summed E-state index contributed by atoms with van der Waals surface area (Å²) in [4.78, 5) is 21.4. The molecular formula is C20H23N5O4S. The van der Waals surface area contributed by atoms with Crippen LogP contribution in [-0.4, -0.2) is 58.1 Å². The van der Waals surface area contributed by atoms with E-state index in [9.17, 15) is 13.2 Å². The first-order valence-electron chi connectivity index (χ1n) is 9.54. The number of imidazole rings is 1. The zero-order valence-electron chi connectivity index (χ0n) is 16.7. The SMILES string of the molecule is Cn1c(CNC(=O)[C@@H]2C[C@H](Oc3cccnc3)CN2S(C)(=O)=O)nc2ccccc21. The quantitative estimate of drug-likeness (QED) is 0.628. The first kappa shape index (κ1) is 20.3. The number of nitrogens with one attached hydrogen (secondary N) is 1. The standard InChI is InChI=1S/C20H23N5O4S/c1-24-17-8-4-3-7-16(17)23-19(24)12-22-20(26)18-10-15(13-25(18)30(2,27)28)29-14-6-5-9-21-11-14/h3-9,11,15,18H,10,12-13H2,1-2H3,(H,22,26)/t15-,18-/m0/s1. The van der Waals surface area contributed by atoms with Crippen LogP contribution in [0.4, 0.5) is 0 Å². The molecule has 0 unspecified atom stereocenters. The minimum absolute atomic E-state index is 0.109. The molecule has 1 N–H and O–H groups in total. The number of fused-ring (bicyclic) bond motifs is 1. The van der Waals surface area contributed by atoms with E-state index in [0.29, 0.717) is 11.6 Å². The van der Waals surface area contributed by atoms with Gasteiger partial charge in [0.2, 0.25) is 15.9 Å². The van der Waals surface area contributed by atoms with E-state index in [1.807, 2.05) is 35.9 Å². The van der Waals surface area contributed by atoms with Crippen molar-refractivity contribution in [2.75, 3.05) is 12.8 Å². The molecule has 4 rings (SSSR count). The van der Waals surface area contributed by atoms with Crippen molar-refractivity contribution in [2.24, 2.45) is 7.05 Å². The summed E-state index contributed by atoms with van der Waals surface area (Å²) in [5.41, 5.74) is 1.80. The number of carbonyl (C=O) groups excluding carboxylic acids is 1. The van der Waals surface area contributed by atoms with Gasteiger partial charge in [-0.25, -0.2) is 13.4 Å². The zero-order valence-corrected chi connectivity index (χ0v) is 17.5. The first-order chi connectivity index (χ1) is 14.3. The fourth-order valence-electron chi connectivity index (χ4n) is 3.71. The number of amides is 1. The highest BCUT2D eigenvalue weighted by Crippen LogP contribution is 2.25. The van der Waals surface area contributed by atoms with Gasteiger partial charge >= 0.3 is 0 Å². The molecule has 1 aromatic carbocycles. The van der Waals surface area contributed by atoms with Crippen molar-refractivity contribution >= 4 is 27.0 Å². The molecule has 9 nitrogen and oxygen atoms in total. The number of para-hydroxylation sites is 2. The monoisotopic (exact) mass is 429 g/mol. The van der Waals surface area contributed by atoms with E-state index < -0.39 is 22.2 Å². The summed E-state index contributed by atoms with van der Waals surface area (Å²) in [6, 6.07) is 10.3. The Bertz CT molecular complexity index is 1160. The maximum absolute atomic E-state index is 12.9. The number of aromatic nitrogens is 3. The number of sulfonamides is 1. The van der Waals surface area contributed by atoms with Crippen LogP contribution in [-0.2, 0) is 28.4 Å². The number of carbonyl (C=O) groups is 1. The molecule has 158 valence electrons. The number of rotatable bonds is 6. The van der Waals surface area contributed by atoms with Crippen LogP contribution >= 0.6 is 0 Å². The van der Waals surface area contributed by atoms with Crippen LogP contribution in [0.3, 0.4) is 0 Å². The number of nitrogens with zero attached hydrogens (tertiary/aromatic N) is 4. The Morgan fingerprint density at radius 2 is 2.07 bits per heavy atom. The van der Waals surface area contributed by atoms with Gasteiger partial charge in [-0.3, -0.25) is 9.78 Å². The molecule has 3 heterocycles. The van der Waals surface area contributed by atoms with Gasteiger partial charge < -0.3 is 14.6 Å². The van der Waals surface area contributed by atoms with E-state index in [1.165, 1.54) is 4.31 Å². The number of pyridine rings is 1. The minimum Gasteiger partial charge on any atom is -0.487 e. The van der Waals surface area contributed by atoms with E-state index >= 15 is 0 Å². The van der Waals surface area contributed by atoms with E-state index in [-0.39, 0.29) is 25.4 Å². The average molecular weight is 430 g/mol. The molecule has 0 saturated carbocycles. The second-order valence-electron chi connectivity index (χ2n) is 7.31. The Balaban J connectivity index is 1.47. The fourth-order valence-corrected chi connectivity index (χ4v) is 4.79. The van der Waals surface area contributed by atoms with Crippen LogP contribution in [0.2, 0.25) is 0 Å². The predicted octanol–water partition coefficient (Wildman–Crippen LogP) is 1.07. The lowest BCUT2D eigenvalue weighted by Crippen LogP contribution is -2.45. The van der Waals surface area contributed by atoms with Crippen molar-refractivity contribution in [2.45, 2.75) is 25.1 Å². The summed E-state index contributed by atoms with van der Waals surface area (Å²) in [6.07, 6.45) is 4.11. The van der Waals surface area contributed by atoms with E-state index in [1.54, 1.807) is 24.5 Å². The Labute approximate surface area is 174 Å². The van der Waals surface area contributed by atoms with Crippen molar-refractivity contribution in [3.8, 4) is 5.75 Å². The predicted molar refractivity (Wildman–Crippen MR) is 111 cm³/mol. The highest BCUT2D eigenvalue weighted by molar-refractivity contribution is 7.88. The van der Waals surface area contributed by atoms with Crippen LogP contribution in [0.25, 0.3) is 11.0 Å². The van der Waals surface area contributed by atoms with Gasteiger partial charge in [-0.1, -0.05) is 12.1 Å². The van der Waals surface area contributed by atoms with Gasteiger partial charge in [0.25, 0.3) is 0 Å². The molecule has 1 fully saturated rings. The molecule has 0 radical (unpaired) electrons. The number of hydrogen-bond acceptors (Lipinski definition) is 6. The lowest BCUT2D eigenvalue weighted by atomic mass is 10.2. The van der Waals surface area contributed by atoms with Crippen molar-refractivity contribution in [1.82, 2.24) is 24.2 Å². The Morgan fingerprint density at radius 3 is 2.77 bits per heavy atom. The van der Waals surface area contributed by atoms with Crippen molar-refractivity contribution in [3.05, 3.63) is 54.6 Å². The lowest BCUT2D eigenvalue weighted by molar-refractivity contribution is -0.124. The Morgan fingerprint density at radius 1 is 1.27 bits per heavy atom. The number of ether oxygens (including phenoxy) is 1. The molecule has 3 aromatic rings. The Kier molecular flexibility index (Phi) is 5.44. The summed E-state index contributed by atoms with van der Waals surface area (Å²) in [7, 11) is -1.70. The fraction of sp³-hybridized carbons (Fsp3) is 0.350. The van der Waals surface area contributed by atoms with Crippen molar-refractivity contribution < 1.29 is 17.9 Å². The third kappa shape index (κ3) is 4.14. The molecule has 0 aliphatic carbocycles. The van der Waals surface area contributed by atoms with Gasteiger partial charge in [0.05, 0.1) is 36.6 Å². The number of benzene rings is 1. The normalized spacial score (nSPS) is 19.8. The van der Waals surface area contributed by atoms with Crippen molar-refractivity contribution in [3.63, 3.8) is 0 Å². The maximum atomic E-state index is 12.9. The highest BCUT2D eigenvalue weighted by atomic mass is 32.2. The second-order valence-corrected chi connectivity index (χ2v) is 9.24. The lowest BCUT2D eigenvalue weighted by Gasteiger charge is -2.20. The van der Waals surface area contributed by atoms with Gasteiger partial charge in [-0.05, 0) is 24.3 Å². The van der Waals surface area contributed by atoms with E-state index in [2.05, 4.69) is 15.3 Å². The Hall–Kier alpha value is -2.98. The largest absolute Gasteiger partial charge is 0.487 e. The van der Waals surface area contributed by atoms with Gasteiger partial charge in [0.15, 0.2) is 0 Å². The molecule has 1 saturated heterocycles. The molecule has 2 aromatic heterocycles. The first-order valence-corrected chi connectivity index (χ1v) is 11.4. The van der Waals surface area contributed by atoms with Gasteiger partial charge in [0.1, 0.15) is 23.7 Å². The summed E-state index contributed by atoms with van der Waals surface area (Å²) in [6.45, 7) is 0.310. The summed E-state index contributed by atoms with van der Waals surface area (Å²) < 4.78 is 33.4. The molecule has 0 bridgehead atoms. The average Bonchev–Trinajstić information content (AvgIpc) is 3.29. The van der Waals surface area contributed by atoms with E-state index in [4.69, 9.17) is 4.74 Å². The molecule has 10 heteroatoms. The molecule has 2 atom stereocenters. The molecular weight excluding hydrogens is 406 g/mol. The summed E-state index contributed by atoms with van der Waals surface area (Å²) in [5, 5.41) is 2.83. The van der Waals surface area contributed by atoms with Crippen LogP contribution in [0.1, 0.15) is 12.2 Å². The van der Waals surface area contributed by atoms with Crippen LogP contribution in [0.5, 0.6) is 5.75 Å². The van der Waals surface area contributed by atoms with Crippen LogP contribution in [0.15, 0.2) is 48.8 Å². The third-order valence-corrected chi connectivity index (χ3v) is 6.44. The topological polar surface area (TPSA) is 106 Å². The number of aryl methyl sites for hydroxylation is 1. The summed E-state index contributed by atoms with van der Waals surface area (Å²) >= 11 is 0. The third-order valence-electron chi connectivity index (χ3n) is 5.18.